The summed E-state index contributed by atoms with van der Waals surface area (Å²) in [7, 11) is -3.56. The third kappa shape index (κ3) is 3.83. The molecule has 0 saturated carbocycles. The van der Waals surface area contributed by atoms with Gasteiger partial charge in [-0.2, -0.15) is 17.0 Å². The molecule has 144 valence electrons. The highest BCUT2D eigenvalue weighted by Gasteiger charge is 2.37. The second kappa shape index (κ2) is 7.47. The van der Waals surface area contributed by atoms with Gasteiger partial charge in [-0.05, 0) is 19.9 Å². The molecule has 1 aromatic rings. The zero-order chi connectivity index (χ0) is 18.9. The number of rotatable bonds is 4. The Labute approximate surface area is 153 Å². The second-order valence-corrected chi connectivity index (χ2v) is 8.64. The van der Waals surface area contributed by atoms with Crippen molar-refractivity contribution in [2.24, 2.45) is 0 Å². The van der Waals surface area contributed by atoms with Crippen LogP contribution in [0, 0.1) is 10.1 Å². The van der Waals surface area contributed by atoms with Crippen LogP contribution in [0.4, 0.5) is 11.4 Å². The van der Waals surface area contributed by atoms with Crippen LogP contribution in [0.1, 0.15) is 13.8 Å². The Hall–Kier alpha value is -1.75. The highest BCUT2D eigenvalue weighted by Crippen LogP contribution is 2.29. The van der Waals surface area contributed by atoms with E-state index in [1.165, 1.54) is 14.7 Å². The smallest absolute Gasteiger partial charge is 0.292 e. The lowest BCUT2D eigenvalue weighted by molar-refractivity contribution is -0.384. The van der Waals surface area contributed by atoms with Crippen molar-refractivity contribution in [1.82, 2.24) is 8.61 Å². The molecular weight excluding hydrogens is 360 g/mol. The maximum atomic E-state index is 12.9. The fraction of sp³-hybridized carbons (Fsp3) is 0.625. The van der Waals surface area contributed by atoms with Crippen molar-refractivity contribution in [2.75, 3.05) is 44.2 Å². The fourth-order valence-corrected chi connectivity index (χ4v) is 5.28. The Morgan fingerprint density at radius 2 is 1.62 bits per heavy atom. The SMILES string of the molecule is C[C@H]1CN(S(=O)(=O)N2CCN(c3ccccc3[N+](=O)[O-])CC2)C[C@H](C)O1. The van der Waals surface area contributed by atoms with E-state index in [0.717, 1.165) is 0 Å². The minimum absolute atomic E-state index is 0.0413. The molecule has 0 aliphatic carbocycles. The molecule has 1 aromatic carbocycles. The number of nitro benzene ring substituents is 1. The van der Waals surface area contributed by atoms with E-state index in [4.69, 9.17) is 4.74 Å². The lowest BCUT2D eigenvalue weighted by Gasteiger charge is -2.40. The highest BCUT2D eigenvalue weighted by atomic mass is 32.2. The van der Waals surface area contributed by atoms with Gasteiger partial charge in [0.25, 0.3) is 15.9 Å². The molecule has 26 heavy (non-hydrogen) atoms. The van der Waals surface area contributed by atoms with Gasteiger partial charge in [-0.3, -0.25) is 10.1 Å². The number of morpholine rings is 1. The summed E-state index contributed by atoms with van der Waals surface area (Å²) in [5.74, 6) is 0. The van der Waals surface area contributed by atoms with Gasteiger partial charge < -0.3 is 9.64 Å². The van der Waals surface area contributed by atoms with E-state index in [9.17, 15) is 18.5 Å². The number of ether oxygens (including phenoxy) is 1. The third-order valence-corrected chi connectivity index (χ3v) is 6.66. The fourth-order valence-electron chi connectivity index (χ4n) is 3.53. The number of hydrogen-bond donors (Lipinski definition) is 0. The van der Waals surface area contributed by atoms with Crippen molar-refractivity contribution in [2.45, 2.75) is 26.1 Å². The zero-order valence-corrected chi connectivity index (χ0v) is 15.8. The van der Waals surface area contributed by atoms with Crippen molar-refractivity contribution in [3.8, 4) is 0 Å². The maximum Gasteiger partial charge on any atom is 0.292 e. The lowest BCUT2D eigenvalue weighted by Crippen LogP contribution is -2.57. The van der Waals surface area contributed by atoms with Crippen LogP contribution in [0.15, 0.2) is 24.3 Å². The Morgan fingerprint density at radius 3 is 2.19 bits per heavy atom. The minimum atomic E-state index is -3.56. The molecule has 0 aromatic heterocycles. The number of nitro groups is 1. The Balaban J connectivity index is 1.69. The molecule has 2 aliphatic heterocycles. The second-order valence-electron chi connectivity index (χ2n) is 6.71. The molecule has 0 amide bonds. The topological polar surface area (TPSA) is 96.2 Å². The van der Waals surface area contributed by atoms with Crippen LogP contribution >= 0.6 is 0 Å². The van der Waals surface area contributed by atoms with Crippen LogP contribution in [0.2, 0.25) is 0 Å². The molecule has 2 atom stereocenters. The van der Waals surface area contributed by atoms with Crippen LogP contribution in [0.5, 0.6) is 0 Å². The van der Waals surface area contributed by atoms with Gasteiger partial charge in [0, 0.05) is 45.3 Å². The summed E-state index contributed by atoms with van der Waals surface area (Å²) in [4.78, 5) is 12.7. The van der Waals surface area contributed by atoms with Gasteiger partial charge in [-0.25, -0.2) is 0 Å². The van der Waals surface area contributed by atoms with Gasteiger partial charge >= 0.3 is 0 Å². The molecule has 0 bridgehead atoms. The third-order valence-electron chi connectivity index (χ3n) is 4.70. The van der Waals surface area contributed by atoms with Gasteiger partial charge in [0.05, 0.1) is 17.1 Å². The van der Waals surface area contributed by atoms with Crippen LogP contribution in [-0.2, 0) is 14.9 Å². The standard InChI is InChI=1S/C16H24N4O5S/c1-13-11-19(12-14(2)25-13)26(23,24)18-9-7-17(8-10-18)15-5-3-4-6-16(15)20(21)22/h3-6,13-14H,7-12H2,1-2H3/t13-,14-/m0/s1. The van der Waals surface area contributed by atoms with E-state index in [2.05, 4.69) is 0 Å². The first kappa shape index (κ1) is 19.0. The largest absolute Gasteiger partial charge is 0.373 e. The summed E-state index contributed by atoms with van der Waals surface area (Å²) in [6.07, 6.45) is -0.274. The first-order valence-corrected chi connectivity index (χ1v) is 10.1. The van der Waals surface area contributed by atoms with E-state index in [0.29, 0.717) is 45.0 Å². The Kier molecular flexibility index (Phi) is 5.47. The summed E-state index contributed by atoms with van der Waals surface area (Å²) in [5, 5.41) is 11.2. The molecule has 2 heterocycles. The van der Waals surface area contributed by atoms with Crippen molar-refractivity contribution in [3.05, 3.63) is 34.4 Å². The molecule has 2 fully saturated rings. The van der Waals surface area contributed by atoms with E-state index in [-0.39, 0.29) is 17.9 Å². The van der Waals surface area contributed by atoms with Gasteiger partial charge in [0.1, 0.15) is 5.69 Å². The number of benzene rings is 1. The predicted molar refractivity (Wildman–Crippen MR) is 97.4 cm³/mol. The maximum absolute atomic E-state index is 12.9. The first-order chi connectivity index (χ1) is 12.3. The van der Waals surface area contributed by atoms with E-state index in [1.807, 2.05) is 18.7 Å². The quantitative estimate of drug-likeness (QED) is 0.569. The van der Waals surface area contributed by atoms with E-state index in [1.54, 1.807) is 18.2 Å². The molecule has 10 heteroatoms. The molecule has 0 N–H and O–H groups in total. The summed E-state index contributed by atoms with van der Waals surface area (Å²) in [6, 6.07) is 6.55. The van der Waals surface area contributed by atoms with Gasteiger partial charge in [-0.15, -0.1) is 0 Å². The molecular formula is C16H24N4O5S. The minimum Gasteiger partial charge on any atom is -0.373 e. The summed E-state index contributed by atoms with van der Waals surface area (Å²) >= 11 is 0. The Morgan fingerprint density at radius 1 is 1.04 bits per heavy atom. The number of anilines is 1. The molecule has 3 rings (SSSR count). The van der Waals surface area contributed by atoms with Crippen molar-refractivity contribution < 1.29 is 18.1 Å². The predicted octanol–water partition coefficient (Wildman–Crippen LogP) is 1.07. The zero-order valence-electron chi connectivity index (χ0n) is 14.9. The summed E-state index contributed by atoms with van der Waals surface area (Å²) < 4.78 is 34.4. The molecule has 9 nitrogen and oxygen atoms in total. The molecule has 0 spiro atoms. The number of hydrogen-bond acceptors (Lipinski definition) is 6. The van der Waals surface area contributed by atoms with Crippen molar-refractivity contribution in [3.63, 3.8) is 0 Å². The lowest BCUT2D eigenvalue weighted by atomic mass is 10.2. The average Bonchev–Trinajstić information content (AvgIpc) is 2.61. The Bertz CT molecular complexity index is 754. The average molecular weight is 384 g/mol. The molecule has 2 aliphatic rings. The number of para-hydroxylation sites is 2. The normalized spacial score (nSPS) is 26.0. The van der Waals surface area contributed by atoms with Crippen LogP contribution in [0.3, 0.4) is 0 Å². The monoisotopic (exact) mass is 384 g/mol. The van der Waals surface area contributed by atoms with Gasteiger partial charge in [0.2, 0.25) is 0 Å². The molecule has 0 unspecified atom stereocenters. The molecule has 2 saturated heterocycles. The van der Waals surface area contributed by atoms with Crippen molar-refractivity contribution in [1.29, 1.82) is 0 Å². The first-order valence-electron chi connectivity index (χ1n) is 8.68. The van der Waals surface area contributed by atoms with Gasteiger partial charge in [-0.1, -0.05) is 12.1 Å². The van der Waals surface area contributed by atoms with E-state index < -0.39 is 15.1 Å². The highest BCUT2D eigenvalue weighted by molar-refractivity contribution is 7.86. The molecule has 0 radical (unpaired) electrons. The summed E-state index contributed by atoms with van der Waals surface area (Å²) in [6.45, 7) is 5.85. The van der Waals surface area contributed by atoms with Gasteiger partial charge in [0.15, 0.2) is 0 Å². The van der Waals surface area contributed by atoms with E-state index >= 15 is 0 Å². The van der Waals surface area contributed by atoms with Crippen LogP contribution < -0.4 is 4.90 Å². The van der Waals surface area contributed by atoms with Crippen LogP contribution in [-0.4, -0.2) is 73.4 Å². The number of piperazine rings is 1. The van der Waals surface area contributed by atoms with Crippen molar-refractivity contribution >= 4 is 21.6 Å². The number of nitrogens with zero attached hydrogens (tertiary/aromatic N) is 4. The van der Waals surface area contributed by atoms with Crippen LogP contribution in [0.25, 0.3) is 0 Å². The summed E-state index contributed by atoms with van der Waals surface area (Å²) in [5.41, 5.74) is 0.572.